The van der Waals surface area contributed by atoms with Crippen molar-refractivity contribution in [1.82, 2.24) is 0 Å². The predicted molar refractivity (Wildman–Crippen MR) is 83.8 cm³/mol. The molecule has 0 aromatic heterocycles. The Labute approximate surface area is 116 Å². The number of rotatable bonds is 2. The van der Waals surface area contributed by atoms with Gasteiger partial charge in [-0.3, -0.25) is 0 Å². The summed E-state index contributed by atoms with van der Waals surface area (Å²) >= 11 is 0. The van der Waals surface area contributed by atoms with Crippen LogP contribution in [0, 0.1) is 0 Å². The van der Waals surface area contributed by atoms with Crippen molar-refractivity contribution < 1.29 is 0 Å². The largest absolute Gasteiger partial charge is 0.0741 e. The van der Waals surface area contributed by atoms with Gasteiger partial charge in [0.1, 0.15) is 0 Å². The van der Waals surface area contributed by atoms with E-state index in [4.69, 9.17) is 0 Å². The minimum Gasteiger partial charge on any atom is -0.0741 e. The summed E-state index contributed by atoms with van der Waals surface area (Å²) in [7, 11) is 1.85. The maximum atomic E-state index is 1.85. The zero-order valence-corrected chi connectivity index (χ0v) is 13.1. The van der Waals surface area contributed by atoms with Crippen LogP contribution in [0.4, 0.5) is 0 Å². The summed E-state index contributed by atoms with van der Waals surface area (Å²) in [6.45, 7) is 0. The fourth-order valence-electron chi connectivity index (χ4n) is 3.64. The standard InChI is InChI=1S/C17H32P/c1-2-4-8-12-16(13-9-5-3-1)18-17-14-10-6-7-11-15-17/h16-17H,1-15H2. The van der Waals surface area contributed by atoms with E-state index in [9.17, 15) is 0 Å². The smallest absolute Gasteiger partial charge is 0.0168 e. The van der Waals surface area contributed by atoms with Gasteiger partial charge in [-0.25, -0.2) is 0 Å². The van der Waals surface area contributed by atoms with Crippen molar-refractivity contribution in [2.24, 2.45) is 0 Å². The fraction of sp³-hybridized carbons (Fsp3) is 1.00. The summed E-state index contributed by atoms with van der Waals surface area (Å²) in [5.41, 5.74) is 2.13. The highest BCUT2D eigenvalue weighted by Crippen LogP contribution is 2.39. The van der Waals surface area contributed by atoms with Gasteiger partial charge in [0.05, 0.1) is 0 Å². The van der Waals surface area contributed by atoms with Crippen molar-refractivity contribution in [3.63, 3.8) is 0 Å². The normalized spacial score (nSPS) is 27.3. The summed E-state index contributed by atoms with van der Waals surface area (Å²) < 4.78 is 0. The molecule has 0 aromatic rings. The Morgan fingerprint density at radius 2 is 0.667 bits per heavy atom. The second-order valence-corrected chi connectivity index (χ2v) is 8.26. The van der Waals surface area contributed by atoms with Crippen LogP contribution < -0.4 is 0 Å². The first kappa shape index (κ1) is 14.8. The molecule has 0 aliphatic heterocycles. The Balaban J connectivity index is 1.73. The highest BCUT2D eigenvalue weighted by atomic mass is 31.1. The molecular weight excluding hydrogens is 235 g/mol. The third-order valence-corrected chi connectivity index (χ3v) is 6.70. The zero-order chi connectivity index (χ0) is 12.5. The molecule has 0 aromatic carbocycles. The first-order valence-corrected chi connectivity index (χ1v) is 9.68. The predicted octanol–water partition coefficient (Wildman–Crippen LogP) is 6.55. The molecule has 2 saturated carbocycles. The Kier molecular flexibility index (Phi) is 7.71. The van der Waals surface area contributed by atoms with Crippen LogP contribution in [-0.2, 0) is 0 Å². The van der Waals surface area contributed by atoms with E-state index >= 15 is 0 Å². The molecule has 0 nitrogen and oxygen atoms in total. The van der Waals surface area contributed by atoms with Crippen molar-refractivity contribution in [3.8, 4) is 0 Å². The maximum Gasteiger partial charge on any atom is -0.0168 e. The molecule has 0 bridgehead atoms. The van der Waals surface area contributed by atoms with Crippen LogP contribution in [0.5, 0.6) is 0 Å². The van der Waals surface area contributed by atoms with Gasteiger partial charge < -0.3 is 0 Å². The maximum absolute atomic E-state index is 1.85. The van der Waals surface area contributed by atoms with Crippen LogP contribution in [0.25, 0.3) is 0 Å². The molecule has 0 heterocycles. The van der Waals surface area contributed by atoms with Crippen LogP contribution in [0.3, 0.4) is 0 Å². The molecule has 0 unspecified atom stereocenters. The van der Waals surface area contributed by atoms with Gasteiger partial charge in [-0.15, -0.1) is 0 Å². The quantitative estimate of drug-likeness (QED) is 0.393. The second-order valence-electron chi connectivity index (χ2n) is 6.50. The van der Waals surface area contributed by atoms with Gasteiger partial charge in [0.2, 0.25) is 0 Å². The SMILES string of the molecule is C1CCCCC([P]C2CCCCCC2)CCCC1. The van der Waals surface area contributed by atoms with Crippen LogP contribution in [0.2, 0.25) is 0 Å². The van der Waals surface area contributed by atoms with Gasteiger partial charge in [0.15, 0.2) is 0 Å². The molecule has 2 rings (SSSR count). The lowest BCUT2D eigenvalue weighted by Crippen LogP contribution is -2.09. The van der Waals surface area contributed by atoms with Gasteiger partial charge in [0, 0.05) is 0 Å². The Bertz CT molecular complexity index is 184. The van der Waals surface area contributed by atoms with Crippen LogP contribution in [0.1, 0.15) is 96.3 Å². The van der Waals surface area contributed by atoms with Gasteiger partial charge in [-0.2, -0.15) is 0 Å². The van der Waals surface area contributed by atoms with E-state index in [1.165, 1.54) is 96.3 Å². The summed E-state index contributed by atoms with van der Waals surface area (Å²) in [4.78, 5) is 0. The lowest BCUT2D eigenvalue weighted by atomic mass is 10.0. The average Bonchev–Trinajstić information content (AvgIpc) is 2.66. The summed E-state index contributed by atoms with van der Waals surface area (Å²) in [6, 6.07) is 0. The van der Waals surface area contributed by atoms with Crippen LogP contribution >= 0.6 is 8.58 Å². The molecule has 18 heavy (non-hydrogen) atoms. The molecule has 2 aliphatic rings. The molecular formula is C17H32P. The van der Waals surface area contributed by atoms with Gasteiger partial charge in [-0.1, -0.05) is 79.2 Å². The van der Waals surface area contributed by atoms with E-state index in [0.717, 1.165) is 11.3 Å². The molecule has 2 aliphatic carbocycles. The molecule has 0 N–H and O–H groups in total. The molecule has 2 fully saturated rings. The van der Waals surface area contributed by atoms with E-state index < -0.39 is 0 Å². The molecule has 0 atom stereocenters. The van der Waals surface area contributed by atoms with Crippen molar-refractivity contribution >= 4 is 8.58 Å². The minimum absolute atomic E-state index is 1.06. The van der Waals surface area contributed by atoms with E-state index in [1.54, 1.807) is 0 Å². The lowest BCUT2D eigenvalue weighted by Gasteiger charge is -2.23. The monoisotopic (exact) mass is 267 g/mol. The van der Waals surface area contributed by atoms with Gasteiger partial charge >= 0.3 is 0 Å². The molecule has 0 saturated heterocycles. The lowest BCUT2D eigenvalue weighted by molar-refractivity contribution is 0.507. The van der Waals surface area contributed by atoms with Crippen LogP contribution in [0.15, 0.2) is 0 Å². The topological polar surface area (TPSA) is 0 Å². The minimum atomic E-state index is 1.06. The van der Waals surface area contributed by atoms with E-state index in [-0.39, 0.29) is 0 Å². The highest BCUT2D eigenvalue weighted by molar-refractivity contribution is 7.39. The fourth-order valence-corrected chi connectivity index (χ4v) is 5.57. The molecule has 0 amide bonds. The van der Waals surface area contributed by atoms with Crippen molar-refractivity contribution in [2.75, 3.05) is 0 Å². The van der Waals surface area contributed by atoms with Crippen LogP contribution in [-0.4, -0.2) is 11.3 Å². The summed E-state index contributed by atoms with van der Waals surface area (Å²) in [5, 5.41) is 0. The molecule has 1 heteroatoms. The summed E-state index contributed by atoms with van der Waals surface area (Å²) in [6.07, 6.45) is 22.8. The van der Waals surface area contributed by atoms with Gasteiger partial charge in [0.25, 0.3) is 0 Å². The number of hydrogen-bond acceptors (Lipinski definition) is 0. The number of hydrogen-bond donors (Lipinski definition) is 0. The third-order valence-electron chi connectivity index (χ3n) is 4.82. The Morgan fingerprint density at radius 1 is 0.389 bits per heavy atom. The first-order valence-electron chi connectivity index (χ1n) is 8.65. The molecule has 105 valence electrons. The van der Waals surface area contributed by atoms with Gasteiger partial charge in [-0.05, 0) is 37.0 Å². The third kappa shape index (κ3) is 6.05. The first-order chi connectivity index (χ1) is 8.95. The summed E-state index contributed by atoms with van der Waals surface area (Å²) in [5.74, 6) is 0. The van der Waals surface area contributed by atoms with E-state index in [0.29, 0.717) is 0 Å². The Hall–Kier alpha value is 0.430. The molecule has 1 radical (unpaired) electrons. The van der Waals surface area contributed by atoms with Crippen molar-refractivity contribution in [3.05, 3.63) is 0 Å². The average molecular weight is 267 g/mol. The van der Waals surface area contributed by atoms with E-state index in [2.05, 4.69) is 0 Å². The second kappa shape index (κ2) is 9.35. The Morgan fingerprint density at radius 3 is 1.00 bits per heavy atom. The van der Waals surface area contributed by atoms with E-state index in [1.807, 2.05) is 8.58 Å². The zero-order valence-electron chi connectivity index (χ0n) is 12.2. The highest BCUT2D eigenvalue weighted by Gasteiger charge is 2.18. The van der Waals surface area contributed by atoms with Crippen molar-refractivity contribution in [1.29, 1.82) is 0 Å². The molecule has 0 spiro atoms. The van der Waals surface area contributed by atoms with Crippen molar-refractivity contribution in [2.45, 2.75) is 108 Å².